The zero-order valence-corrected chi connectivity index (χ0v) is 5.35. The molecule has 50 valence electrons. The molecular weight excluding hydrogens is 132 g/mol. The van der Waals surface area contributed by atoms with Crippen LogP contribution in [0.25, 0.3) is 4.98 Å². The summed E-state index contributed by atoms with van der Waals surface area (Å²) in [6.45, 7) is 1.37. The lowest BCUT2D eigenvalue weighted by molar-refractivity contribution is 0.0921. The monoisotopic (exact) mass is 137 g/mol. The quantitative estimate of drug-likeness (QED) is 0.501. The smallest absolute Gasteiger partial charge is 0.271 e. The molecule has 1 rings (SSSR count). The van der Waals surface area contributed by atoms with Gasteiger partial charge in [-0.1, -0.05) is 0 Å². The van der Waals surface area contributed by atoms with Crippen LogP contribution in [-0.4, -0.2) is 15.7 Å². The average Bonchev–Trinajstić information content (AvgIpc) is 2.34. The Morgan fingerprint density at radius 3 is 2.90 bits per heavy atom. The molecule has 0 aliphatic heterocycles. The predicted molar refractivity (Wildman–Crippen MR) is 33.3 cm³/mol. The second kappa shape index (κ2) is 2.27. The van der Waals surface area contributed by atoms with E-state index in [0.29, 0.717) is 0 Å². The molecule has 10 heavy (non-hydrogen) atoms. The van der Waals surface area contributed by atoms with Gasteiger partial charge in [-0.3, -0.25) is 4.79 Å². The van der Waals surface area contributed by atoms with Crippen LogP contribution < -0.4 is 0 Å². The van der Waals surface area contributed by atoms with Crippen molar-refractivity contribution in [3.05, 3.63) is 17.2 Å². The number of rotatable bonds is 0. The SMILES string of the molecule is CC(=O)n1ccc([N+]#N)n1. The van der Waals surface area contributed by atoms with Gasteiger partial charge < -0.3 is 0 Å². The van der Waals surface area contributed by atoms with Crippen molar-refractivity contribution in [1.29, 1.82) is 5.39 Å². The van der Waals surface area contributed by atoms with Crippen molar-refractivity contribution in [3.8, 4) is 0 Å². The molecule has 0 atom stereocenters. The van der Waals surface area contributed by atoms with E-state index >= 15 is 0 Å². The molecule has 0 radical (unpaired) electrons. The first-order valence-electron chi connectivity index (χ1n) is 2.66. The summed E-state index contributed by atoms with van der Waals surface area (Å²) in [7, 11) is 0. The fourth-order valence-electron chi connectivity index (χ4n) is 0.543. The van der Waals surface area contributed by atoms with Gasteiger partial charge in [0.1, 0.15) is 0 Å². The number of diazo groups is 1. The summed E-state index contributed by atoms with van der Waals surface area (Å²) in [5, 5.41) is 11.7. The first-order valence-corrected chi connectivity index (χ1v) is 2.66. The van der Waals surface area contributed by atoms with E-state index in [-0.39, 0.29) is 11.7 Å². The van der Waals surface area contributed by atoms with Crippen molar-refractivity contribution < 1.29 is 4.79 Å². The zero-order chi connectivity index (χ0) is 7.56. The van der Waals surface area contributed by atoms with Crippen LogP contribution in [-0.2, 0) is 0 Å². The highest BCUT2D eigenvalue weighted by Gasteiger charge is 2.11. The predicted octanol–water partition coefficient (Wildman–Crippen LogP) is 1.03. The molecule has 0 saturated heterocycles. The summed E-state index contributed by atoms with van der Waals surface area (Å²) >= 11 is 0. The Hall–Kier alpha value is -1.70. The first kappa shape index (κ1) is 6.42. The minimum atomic E-state index is -0.213. The van der Waals surface area contributed by atoms with Crippen LogP contribution in [0.2, 0.25) is 0 Å². The van der Waals surface area contributed by atoms with E-state index in [2.05, 4.69) is 10.1 Å². The van der Waals surface area contributed by atoms with E-state index in [9.17, 15) is 4.79 Å². The molecule has 0 unspecified atom stereocenters. The Labute approximate surface area is 56.9 Å². The molecule has 0 amide bonds. The zero-order valence-electron chi connectivity index (χ0n) is 5.35. The molecule has 5 nitrogen and oxygen atoms in total. The molecule has 0 aliphatic rings. The van der Waals surface area contributed by atoms with Crippen molar-refractivity contribution in [2.45, 2.75) is 6.92 Å². The van der Waals surface area contributed by atoms with Crippen LogP contribution in [0.4, 0.5) is 5.82 Å². The first-order chi connectivity index (χ1) is 4.74. The minimum Gasteiger partial charge on any atom is -0.271 e. The maximum Gasteiger partial charge on any atom is 0.488 e. The van der Waals surface area contributed by atoms with E-state index < -0.39 is 0 Å². The normalized spacial score (nSPS) is 8.80. The second-order valence-corrected chi connectivity index (χ2v) is 1.74. The maximum absolute atomic E-state index is 10.6. The largest absolute Gasteiger partial charge is 0.488 e. The second-order valence-electron chi connectivity index (χ2n) is 1.74. The van der Waals surface area contributed by atoms with Gasteiger partial charge in [-0.25, -0.2) is 0 Å². The third kappa shape index (κ3) is 1.00. The van der Waals surface area contributed by atoms with Gasteiger partial charge in [-0.05, 0) is 0 Å². The highest BCUT2D eigenvalue weighted by molar-refractivity contribution is 5.75. The van der Waals surface area contributed by atoms with E-state index in [1.165, 1.54) is 19.2 Å². The number of hydrogen-bond acceptors (Lipinski definition) is 3. The van der Waals surface area contributed by atoms with Gasteiger partial charge in [-0.2, -0.15) is 0 Å². The summed E-state index contributed by atoms with van der Waals surface area (Å²) in [6, 6.07) is 1.43. The Bertz CT molecular complexity index is 295. The number of carbonyl (C=O) groups is 1. The summed E-state index contributed by atoms with van der Waals surface area (Å²) in [5.74, 6) is -0.0786. The molecular formula is C5H5N4O+. The van der Waals surface area contributed by atoms with Gasteiger partial charge in [0.15, 0.2) is 0 Å². The molecule has 1 aromatic rings. The Kier molecular flexibility index (Phi) is 1.46. The lowest BCUT2D eigenvalue weighted by Crippen LogP contribution is -2.04. The lowest BCUT2D eigenvalue weighted by atomic mass is 10.6. The molecule has 0 fully saturated rings. The number of carbonyl (C=O) groups excluding carboxylic acids is 1. The van der Waals surface area contributed by atoms with Crippen LogP contribution in [0.5, 0.6) is 0 Å². The Morgan fingerprint density at radius 1 is 1.90 bits per heavy atom. The van der Waals surface area contributed by atoms with Crippen molar-refractivity contribution >= 4 is 11.7 Å². The summed E-state index contributed by atoms with van der Waals surface area (Å²) < 4.78 is 1.09. The minimum absolute atomic E-state index is 0.134. The molecule has 5 heteroatoms. The molecule has 0 aromatic carbocycles. The van der Waals surface area contributed by atoms with Crippen LogP contribution in [0, 0.1) is 5.39 Å². The van der Waals surface area contributed by atoms with E-state index in [1.54, 1.807) is 0 Å². The van der Waals surface area contributed by atoms with Crippen molar-refractivity contribution in [3.63, 3.8) is 0 Å². The molecule has 0 spiro atoms. The number of aromatic nitrogens is 2. The Balaban J connectivity index is 3.02. The summed E-state index contributed by atoms with van der Waals surface area (Å²) in [5.41, 5.74) is 0. The molecule has 1 aromatic heterocycles. The topological polar surface area (TPSA) is 63.0 Å². The van der Waals surface area contributed by atoms with Crippen molar-refractivity contribution in [2.75, 3.05) is 0 Å². The van der Waals surface area contributed by atoms with Crippen LogP contribution in [0.3, 0.4) is 0 Å². The third-order valence-corrected chi connectivity index (χ3v) is 1.00. The number of hydrogen-bond donors (Lipinski definition) is 0. The van der Waals surface area contributed by atoms with Crippen molar-refractivity contribution in [1.82, 2.24) is 9.78 Å². The van der Waals surface area contributed by atoms with Gasteiger partial charge in [-0.15, -0.1) is 4.68 Å². The molecule has 0 N–H and O–H groups in total. The highest BCUT2D eigenvalue weighted by Crippen LogP contribution is 2.04. The van der Waals surface area contributed by atoms with Gasteiger partial charge in [0.05, 0.1) is 22.8 Å². The van der Waals surface area contributed by atoms with Crippen molar-refractivity contribution in [2.24, 2.45) is 0 Å². The van der Waals surface area contributed by atoms with Gasteiger partial charge in [0.25, 0.3) is 5.91 Å². The van der Waals surface area contributed by atoms with Crippen LogP contribution in [0.15, 0.2) is 12.3 Å². The fourth-order valence-corrected chi connectivity index (χ4v) is 0.543. The van der Waals surface area contributed by atoms with Crippen LogP contribution in [0.1, 0.15) is 11.7 Å². The summed E-state index contributed by atoms with van der Waals surface area (Å²) in [6.07, 6.45) is 1.43. The van der Waals surface area contributed by atoms with E-state index in [1.807, 2.05) is 0 Å². The average molecular weight is 137 g/mol. The molecule has 0 aliphatic carbocycles. The van der Waals surface area contributed by atoms with E-state index in [4.69, 9.17) is 5.39 Å². The molecule has 0 saturated carbocycles. The lowest BCUT2D eigenvalue weighted by Gasteiger charge is -1.79. The van der Waals surface area contributed by atoms with Gasteiger partial charge in [0.2, 0.25) is 0 Å². The third-order valence-electron chi connectivity index (χ3n) is 1.00. The van der Waals surface area contributed by atoms with Gasteiger partial charge in [0, 0.05) is 11.9 Å². The fraction of sp³-hybridized carbons (Fsp3) is 0.200. The number of nitrogens with zero attached hydrogens (tertiary/aromatic N) is 4. The highest BCUT2D eigenvalue weighted by atomic mass is 16.2. The Morgan fingerprint density at radius 2 is 2.60 bits per heavy atom. The van der Waals surface area contributed by atoms with E-state index in [0.717, 1.165) is 4.68 Å². The molecule has 1 heterocycles. The summed E-state index contributed by atoms with van der Waals surface area (Å²) in [4.78, 5) is 13.3. The molecule has 0 bridgehead atoms. The van der Waals surface area contributed by atoms with Gasteiger partial charge >= 0.3 is 5.82 Å². The standard InChI is InChI=1S/C5H5N4O/c1-4(10)9-3-2-5(7-6)8-9/h2-3H,1H3/q+1. The maximum atomic E-state index is 10.6. The van der Waals surface area contributed by atoms with Crippen LogP contribution >= 0.6 is 0 Å².